The molecule has 0 aliphatic heterocycles. The minimum absolute atomic E-state index is 0. The average Bonchev–Trinajstić information content (AvgIpc) is 2.13. The number of nitrogens with two attached hydrogens (primary N) is 2. The number of aliphatic carboxylic acids is 1. The first-order valence-electron chi connectivity index (χ1n) is 4.53. The molecule has 8 heteroatoms. The van der Waals surface area contributed by atoms with Gasteiger partial charge in [-0.05, 0) is 13.3 Å². The summed E-state index contributed by atoms with van der Waals surface area (Å²) in [4.78, 5) is 14.1. The van der Waals surface area contributed by atoms with Gasteiger partial charge in [-0.3, -0.25) is 9.79 Å². The van der Waals surface area contributed by atoms with Crippen LogP contribution in [0.25, 0.3) is 0 Å². The van der Waals surface area contributed by atoms with Gasteiger partial charge in [0.25, 0.3) is 0 Å². The lowest BCUT2D eigenvalue weighted by atomic mass is 10.2. The smallest absolute Gasteiger partial charge is 0.320 e. The summed E-state index contributed by atoms with van der Waals surface area (Å²) in [5, 5.41) is 8.43. The molecular formula is C9H18Cl2FN3O2. The van der Waals surface area contributed by atoms with Crippen molar-refractivity contribution in [3.63, 3.8) is 0 Å². The molecule has 0 saturated heterocycles. The summed E-state index contributed by atoms with van der Waals surface area (Å²) in [7, 11) is 0. The maximum absolute atomic E-state index is 13.0. The van der Waals surface area contributed by atoms with Crippen LogP contribution in [0.1, 0.15) is 19.8 Å². The number of rotatable bonds is 6. The first-order chi connectivity index (χ1) is 6.93. The Hall–Kier alpha value is -0.850. The summed E-state index contributed by atoms with van der Waals surface area (Å²) >= 11 is 0. The molecule has 102 valence electrons. The second-order valence-corrected chi connectivity index (χ2v) is 3.10. The van der Waals surface area contributed by atoms with Crippen molar-refractivity contribution in [1.29, 1.82) is 0 Å². The number of aliphatic imine (C=N–C) groups is 1. The van der Waals surface area contributed by atoms with Gasteiger partial charge in [0.1, 0.15) is 6.04 Å². The Morgan fingerprint density at radius 3 is 2.47 bits per heavy atom. The molecule has 0 amide bonds. The minimum atomic E-state index is -1.14. The van der Waals surface area contributed by atoms with Crippen LogP contribution in [-0.4, -0.2) is 29.5 Å². The zero-order valence-electron chi connectivity index (χ0n) is 9.43. The van der Waals surface area contributed by atoms with Crippen LogP contribution in [0.4, 0.5) is 4.39 Å². The zero-order valence-corrected chi connectivity index (χ0v) is 11.1. The number of carbonyl (C=O) groups is 1. The molecule has 0 saturated carbocycles. The molecule has 0 fully saturated rings. The van der Waals surface area contributed by atoms with E-state index in [1.165, 1.54) is 6.08 Å². The summed E-state index contributed by atoms with van der Waals surface area (Å²) in [6.45, 7) is 1.87. The number of hydrogen-bond donors (Lipinski definition) is 3. The van der Waals surface area contributed by atoms with Gasteiger partial charge in [-0.15, -0.1) is 24.8 Å². The normalized spacial score (nSPS) is 13.4. The third-order valence-electron chi connectivity index (χ3n) is 1.62. The number of nitrogens with zero attached hydrogens (tertiary/aromatic N) is 1. The van der Waals surface area contributed by atoms with Gasteiger partial charge in [-0.1, -0.05) is 6.08 Å². The monoisotopic (exact) mass is 289 g/mol. The molecule has 5 nitrogen and oxygen atoms in total. The third-order valence-corrected chi connectivity index (χ3v) is 1.62. The van der Waals surface area contributed by atoms with E-state index in [4.69, 9.17) is 16.6 Å². The average molecular weight is 290 g/mol. The summed E-state index contributed by atoms with van der Waals surface area (Å²) in [5.41, 5.74) is 10.4. The predicted octanol–water partition coefficient (Wildman–Crippen LogP) is 1.25. The van der Waals surface area contributed by atoms with Crippen LogP contribution in [0, 0.1) is 0 Å². The quantitative estimate of drug-likeness (QED) is 0.506. The van der Waals surface area contributed by atoms with E-state index in [1.807, 2.05) is 0 Å². The van der Waals surface area contributed by atoms with Crippen molar-refractivity contribution in [3.8, 4) is 0 Å². The van der Waals surface area contributed by atoms with Gasteiger partial charge in [0.05, 0.1) is 11.7 Å². The van der Waals surface area contributed by atoms with Gasteiger partial charge < -0.3 is 16.6 Å². The molecule has 5 N–H and O–H groups in total. The molecule has 0 rings (SSSR count). The molecule has 0 aromatic rings. The van der Waals surface area contributed by atoms with Crippen LogP contribution in [-0.2, 0) is 4.79 Å². The fraction of sp³-hybridized carbons (Fsp3) is 0.556. The molecule has 17 heavy (non-hydrogen) atoms. The highest BCUT2D eigenvalue weighted by atomic mass is 35.5. The molecule has 0 radical (unpaired) electrons. The highest BCUT2D eigenvalue weighted by Gasteiger charge is 2.09. The van der Waals surface area contributed by atoms with Crippen molar-refractivity contribution < 1.29 is 14.3 Å². The maximum atomic E-state index is 13.0. The highest BCUT2D eigenvalue weighted by Crippen LogP contribution is 2.05. The molecule has 0 aliphatic carbocycles. The maximum Gasteiger partial charge on any atom is 0.320 e. The van der Waals surface area contributed by atoms with Gasteiger partial charge in [-0.25, -0.2) is 4.39 Å². The summed E-state index contributed by atoms with van der Waals surface area (Å²) in [6.07, 6.45) is 1.26. The number of hydrogen-bond acceptors (Lipinski definition) is 3. The van der Waals surface area contributed by atoms with Crippen LogP contribution in [0.15, 0.2) is 16.9 Å². The van der Waals surface area contributed by atoms with E-state index < -0.39 is 17.8 Å². The van der Waals surface area contributed by atoms with E-state index in [2.05, 4.69) is 4.99 Å². The first-order valence-corrected chi connectivity index (χ1v) is 4.53. The lowest BCUT2D eigenvalue weighted by Crippen LogP contribution is -2.29. The Kier molecular flexibility index (Phi) is 14.7. The van der Waals surface area contributed by atoms with Gasteiger partial charge in [-0.2, -0.15) is 0 Å². The van der Waals surface area contributed by atoms with Gasteiger partial charge in [0.15, 0.2) is 0 Å². The number of carboxylic acid groups (broad SMARTS) is 1. The van der Waals surface area contributed by atoms with Crippen molar-refractivity contribution in [2.75, 3.05) is 6.54 Å². The van der Waals surface area contributed by atoms with E-state index in [-0.39, 0.29) is 44.2 Å². The highest BCUT2D eigenvalue weighted by molar-refractivity contribution is 5.85. The van der Waals surface area contributed by atoms with Crippen LogP contribution in [0.2, 0.25) is 0 Å². The molecular weight excluding hydrogens is 272 g/mol. The van der Waals surface area contributed by atoms with Crippen LogP contribution < -0.4 is 11.5 Å². The van der Waals surface area contributed by atoms with Crippen LogP contribution in [0.3, 0.4) is 0 Å². The topological polar surface area (TPSA) is 102 Å². The molecule has 0 spiro atoms. The number of halogens is 3. The second-order valence-electron chi connectivity index (χ2n) is 3.10. The summed E-state index contributed by atoms with van der Waals surface area (Å²) < 4.78 is 13.0. The Morgan fingerprint density at radius 1 is 1.53 bits per heavy atom. The standard InChI is InChI=1S/C9H16FN3O2.2ClH/c1-6(11)13-5-4-7(10)2-3-8(12)9(14)15;;/h2,8H,3-5,12H2,1H3,(H2,11,13)(H,14,15);2*1H/b7-2+;;/t8-;;/m0../s1. The van der Waals surface area contributed by atoms with E-state index in [0.717, 1.165) is 0 Å². The Bertz CT molecular complexity index is 281. The van der Waals surface area contributed by atoms with Crippen molar-refractivity contribution >= 4 is 36.6 Å². The molecule has 0 unspecified atom stereocenters. The fourth-order valence-electron chi connectivity index (χ4n) is 0.797. The van der Waals surface area contributed by atoms with E-state index in [9.17, 15) is 9.18 Å². The molecule has 0 aromatic heterocycles. The first kappa shape index (κ1) is 21.4. The van der Waals surface area contributed by atoms with Gasteiger partial charge in [0, 0.05) is 13.0 Å². The third kappa shape index (κ3) is 13.1. The largest absolute Gasteiger partial charge is 0.480 e. The summed E-state index contributed by atoms with van der Waals surface area (Å²) in [6, 6.07) is -1.06. The number of amidine groups is 1. The zero-order chi connectivity index (χ0) is 11.8. The van der Waals surface area contributed by atoms with Gasteiger partial charge in [0.2, 0.25) is 0 Å². The van der Waals surface area contributed by atoms with E-state index in [0.29, 0.717) is 5.84 Å². The Morgan fingerprint density at radius 2 is 2.06 bits per heavy atom. The fourth-order valence-corrected chi connectivity index (χ4v) is 0.797. The molecule has 0 heterocycles. The number of carboxylic acids is 1. The Labute approximate surface area is 112 Å². The lowest BCUT2D eigenvalue weighted by Gasteiger charge is -2.01. The van der Waals surface area contributed by atoms with Crippen molar-refractivity contribution in [1.82, 2.24) is 0 Å². The molecule has 0 aromatic carbocycles. The van der Waals surface area contributed by atoms with Gasteiger partial charge >= 0.3 is 5.97 Å². The SMILES string of the molecule is CC(N)=NCC/C(F)=C\C[C@H](N)C(=O)O.Cl.Cl. The van der Waals surface area contributed by atoms with Crippen molar-refractivity contribution in [2.45, 2.75) is 25.8 Å². The predicted molar refractivity (Wildman–Crippen MR) is 70.7 cm³/mol. The minimum Gasteiger partial charge on any atom is -0.480 e. The van der Waals surface area contributed by atoms with Crippen molar-refractivity contribution in [3.05, 3.63) is 11.9 Å². The van der Waals surface area contributed by atoms with E-state index >= 15 is 0 Å². The van der Waals surface area contributed by atoms with Crippen LogP contribution in [0.5, 0.6) is 0 Å². The van der Waals surface area contributed by atoms with Crippen molar-refractivity contribution in [2.24, 2.45) is 16.5 Å². The van der Waals surface area contributed by atoms with Crippen LogP contribution >= 0.6 is 24.8 Å². The lowest BCUT2D eigenvalue weighted by molar-refractivity contribution is -0.138. The van der Waals surface area contributed by atoms with E-state index in [1.54, 1.807) is 6.92 Å². The second kappa shape index (κ2) is 11.6. The summed E-state index contributed by atoms with van der Waals surface area (Å²) in [5.74, 6) is -1.17. The molecule has 1 atom stereocenters. The molecule has 0 bridgehead atoms. The molecule has 0 aliphatic rings. The Balaban J connectivity index is -0.000000980.